The Labute approximate surface area is 145 Å². The molecule has 2 amide bonds. The van der Waals surface area contributed by atoms with E-state index in [1.165, 1.54) is 0 Å². The van der Waals surface area contributed by atoms with E-state index in [1.54, 1.807) is 18.2 Å². The second kappa shape index (κ2) is 7.06. The smallest absolute Gasteiger partial charge is 0.323 e. The van der Waals surface area contributed by atoms with Crippen molar-refractivity contribution in [3.8, 4) is 11.1 Å². The van der Waals surface area contributed by atoms with Crippen LogP contribution < -0.4 is 16.4 Å². The first kappa shape index (κ1) is 15.9. The molecule has 3 rings (SSSR count). The number of carbonyl (C=O) groups excluding carboxylic acids is 1. The van der Waals surface area contributed by atoms with Gasteiger partial charge in [-0.05, 0) is 41.5 Å². The molecule has 3 aromatic carbocycles. The van der Waals surface area contributed by atoms with E-state index in [0.717, 1.165) is 11.1 Å². The summed E-state index contributed by atoms with van der Waals surface area (Å²) in [5.74, 6) is 0. The number of nitrogens with two attached hydrogens (primary N) is 1. The summed E-state index contributed by atoms with van der Waals surface area (Å²) in [7, 11) is 0. The average molecular weight is 338 g/mol. The molecule has 0 radical (unpaired) electrons. The first-order valence-corrected chi connectivity index (χ1v) is 7.78. The first-order chi connectivity index (χ1) is 11.6. The second-order valence-corrected chi connectivity index (χ2v) is 5.67. The molecule has 0 atom stereocenters. The molecule has 4 N–H and O–H groups in total. The molecule has 24 heavy (non-hydrogen) atoms. The molecule has 0 unspecified atom stereocenters. The van der Waals surface area contributed by atoms with Crippen molar-refractivity contribution in [1.82, 2.24) is 0 Å². The lowest BCUT2D eigenvalue weighted by atomic mass is 10.1. The monoisotopic (exact) mass is 337 g/mol. The van der Waals surface area contributed by atoms with Gasteiger partial charge in [-0.2, -0.15) is 0 Å². The molecule has 0 bridgehead atoms. The molecule has 0 heterocycles. The van der Waals surface area contributed by atoms with Gasteiger partial charge in [0.1, 0.15) is 0 Å². The molecule has 5 heteroatoms. The van der Waals surface area contributed by atoms with Crippen LogP contribution in [-0.4, -0.2) is 6.03 Å². The average Bonchev–Trinajstić information content (AvgIpc) is 2.59. The van der Waals surface area contributed by atoms with E-state index in [9.17, 15) is 4.79 Å². The van der Waals surface area contributed by atoms with Gasteiger partial charge in [0.25, 0.3) is 0 Å². The van der Waals surface area contributed by atoms with Gasteiger partial charge in [-0.15, -0.1) is 0 Å². The number of urea groups is 1. The standard InChI is InChI=1S/C19H16ClN3O/c20-17-12-16(10-11-18(17)21)23-19(24)22-15-8-6-14(7-9-15)13-4-2-1-3-5-13/h1-12H,21H2,(H2,22,23,24). The quantitative estimate of drug-likeness (QED) is 0.572. The summed E-state index contributed by atoms with van der Waals surface area (Å²) >= 11 is 5.94. The van der Waals surface area contributed by atoms with Crippen LogP contribution in [0.25, 0.3) is 11.1 Å². The largest absolute Gasteiger partial charge is 0.398 e. The predicted octanol–water partition coefficient (Wildman–Crippen LogP) is 5.23. The zero-order valence-corrected chi connectivity index (χ0v) is 13.5. The molecule has 4 nitrogen and oxygen atoms in total. The number of anilines is 3. The zero-order valence-electron chi connectivity index (χ0n) is 12.8. The van der Waals surface area contributed by atoms with E-state index < -0.39 is 0 Å². The van der Waals surface area contributed by atoms with E-state index in [2.05, 4.69) is 10.6 Å². The van der Waals surface area contributed by atoms with Gasteiger partial charge in [0, 0.05) is 11.4 Å². The van der Waals surface area contributed by atoms with Crippen LogP contribution in [0, 0.1) is 0 Å². The number of nitrogen functional groups attached to an aromatic ring is 1. The molecule has 0 saturated carbocycles. The van der Waals surface area contributed by atoms with Crippen molar-refractivity contribution < 1.29 is 4.79 Å². The van der Waals surface area contributed by atoms with Gasteiger partial charge in [0.2, 0.25) is 0 Å². The number of carbonyl (C=O) groups is 1. The fourth-order valence-electron chi connectivity index (χ4n) is 2.27. The molecule has 0 aliphatic rings. The summed E-state index contributed by atoms with van der Waals surface area (Å²) < 4.78 is 0. The molecular formula is C19H16ClN3O. The van der Waals surface area contributed by atoms with Crippen LogP contribution in [0.2, 0.25) is 5.02 Å². The van der Waals surface area contributed by atoms with Gasteiger partial charge in [0.05, 0.1) is 10.7 Å². The third-order valence-electron chi connectivity index (χ3n) is 3.51. The van der Waals surface area contributed by atoms with Crippen molar-refractivity contribution >= 4 is 34.7 Å². The summed E-state index contributed by atoms with van der Waals surface area (Å²) in [5, 5.41) is 5.90. The van der Waals surface area contributed by atoms with E-state index in [0.29, 0.717) is 22.1 Å². The van der Waals surface area contributed by atoms with E-state index in [1.807, 2.05) is 54.6 Å². The summed E-state index contributed by atoms with van der Waals surface area (Å²) in [6.07, 6.45) is 0. The van der Waals surface area contributed by atoms with Crippen molar-refractivity contribution in [3.05, 3.63) is 77.8 Å². The molecular weight excluding hydrogens is 322 g/mol. The van der Waals surface area contributed by atoms with E-state index >= 15 is 0 Å². The third-order valence-corrected chi connectivity index (χ3v) is 3.84. The van der Waals surface area contributed by atoms with Gasteiger partial charge in [0.15, 0.2) is 0 Å². The van der Waals surface area contributed by atoms with Crippen molar-refractivity contribution in [3.63, 3.8) is 0 Å². The molecule has 0 aromatic heterocycles. The highest BCUT2D eigenvalue weighted by atomic mass is 35.5. The lowest BCUT2D eigenvalue weighted by Crippen LogP contribution is -2.19. The molecule has 120 valence electrons. The molecule has 3 aromatic rings. The van der Waals surface area contributed by atoms with Crippen LogP contribution in [-0.2, 0) is 0 Å². The fraction of sp³-hybridized carbons (Fsp3) is 0. The minimum absolute atomic E-state index is 0.344. The van der Waals surface area contributed by atoms with Crippen molar-refractivity contribution in [1.29, 1.82) is 0 Å². The lowest BCUT2D eigenvalue weighted by Gasteiger charge is -2.09. The van der Waals surface area contributed by atoms with Gasteiger partial charge in [-0.1, -0.05) is 54.1 Å². The SMILES string of the molecule is Nc1ccc(NC(=O)Nc2ccc(-c3ccccc3)cc2)cc1Cl. The Balaban J connectivity index is 1.65. The Morgan fingerprint density at radius 3 is 2.04 bits per heavy atom. The Bertz CT molecular complexity index is 848. The fourth-order valence-corrected chi connectivity index (χ4v) is 2.46. The Morgan fingerprint density at radius 2 is 1.38 bits per heavy atom. The highest BCUT2D eigenvalue weighted by molar-refractivity contribution is 6.33. The summed E-state index contributed by atoms with van der Waals surface area (Å²) in [5.41, 5.74) is 9.61. The molecule has 0 saturated heterocycles. The summed E-state index contributed by atoms with van der Waals surface area (Å²) in [6.45, 7) is 0. The number of halogens is 1. The normalized spacial score (nSPS) is 10.2. The summed E-state index contributed by atoms with van der Waals surface area (Å²) in [4.78, 5) is 12.0. The van der Waals surface area contributed by atoms with Crippen molar-refractivity contribution in [2.24, 2.45) is 0 Å². The summed E-state index contributed by atoms with van der Waals surface area (Å²) in [6, 6.07) is 22.3. The highest BCUT2D eigenvalue weighted by Crippen LogP contribution is 2.23. The number of benzene rings is 3. The van der Waals surface area contributed by atoms with Crippen LogP contribution in [0.1, 0.15) is 0 Å². The van der Waals surface area contributed by atoms with Crippen molar-refractivity contribution in [2.75, 3.05) is 16.4 Å². The van der Waals surface area contributed by atoms with Gasteiger partial charge >= 0.3 is 6.03 Å². The van der Waals surface area contributed by atoms with E-state index in [-0.39, 0.29) is 6.03 Å². The van der Waals surface area contributed by atoms with Crippen LogP contribution in [0.15, 0.2) is 72.8 Å². The number of rotatable bonds is 3. The lowest BCUT2D eigenvalue weighted by molar-refractivity contribution is 0.262. The van der Waals surface area contributed by atoms with Gasteiger partial charge in [-0.3, -0.25) is 0 Å². The maximum Gasteiger partial charge on any atom is 0.323 e. The topological polar surface area (TPSA) is 67.1 Å². The predicted molar refractivity (Wildman–Crippen MR) is 100 cm³/mol. The number of amides is 2. The number of hydrogen-bond donors (Lipinski definition) is 3. The molecule has 0 aliphatic heterocycles. The number of nitrogens with one attached hydrogen (secondary N) is 2. The van der Waals surface area contributed by atoms with Gasteiger partial charge < -0.3 is 16.4 Å². The van der Waals surface area contributed by atoms with Gasteiger partial charge in [-0.25, -0.2) is 4.79 Å². The Hall–Kier alpha value is -2.98. The Morgan fingerprint density at radius 1 is 0.792 bits per heavy atom. The second-order valence-electron chi connectivity index (χ2n) is 5.26. The van der Waals surface area contributed by atoms with Crippen LogP contribution >= 0.6 is 11.6 Å². The highest BCUT2D eigenvalue weighted by Gasteiger charge is 2.05. The zero-order chi connectivity index (χ0) is 16.9. The minimum Gasteiger partial charge on any atom is -0.398 e. The first-order valence-electron chi connectivity index (χ1n) is 7.40. The number of hydrogen-bond acceptors (Lipinski definition) is 2. The minimum atomic E-state index is -0.344. The maximum atomic E-state index is 12.0. The molecule has 0 fully saturated rings. The van der Waals surface area contributed by atoms with E-state index in [4.69, 9.17) is 17.3 Å². The molecule has 0 aliphatic carbocycles. The third kappa shape index (κ3) is 3.86. The molecule has 0 spiro atoms. The van der Waals surface area contributed by atoms with Crippen molar-refractivity contribution in [2.45, 2.75) is 0 Å². The maximum absolute atomic E-state index is 12.0. The van der Waals surface area contributed by atoms with Crippen LogP contribution in [0.3, 0.4) is 0 Å². The Kier molecular flexibility index (Phi) is 4.68. The van der Waals surface area contributed by atoms with Crippen LogP contribution in [0.5, 0.6) is 0 Å². The van der Waals surface area contributed by atoms with Crippen LogP contribution in [0.4, 0.5) is 21.9 Å².